The Morgan fingerprint density at radius 1 is 1.26 bits per heavy atom. The number of rotatable bonds is 5. The van der Waals surface area contributed by atoms with Crippen LogP contribution in [0.2, 0.25) is 0 Å². The van der Waals surface area contributed by atoms with Crippen molar-refractivity contribution < 1.29 is 26.7 Å². The van der Waals surface area contributed by atoms with Gasteiger partial charge in [0.15, 0.2) is 0 Å². The molecule has 0 bridgehead atoms. The number of nitrogens with zero attached hydrogens (tertiary/aromatic N) is 2. The van der Waals surface area contributed by atoms with Crippen molar-refractivity contribution in [1.82, 2.24) is 9.97 Å². The molecule has 0 spiro atoms. The molecule has 1 aromatic heterocycles. The standard InChI is InChI=1S/C13H11F5N4O/c1-19-11-8(13(16,17)18)5-20-12(22-11)21-9-4-7(15)2-3-10(9)23-6-14/h2-5H,6H2,1H3,(H2,19,20,21,22). The second-order valence-corrected chi connectivity index (χ2v) is 4.22. The molecule has 0 atom stereocenters. The molecule has 23 heavy (non-hydrogen) atoms. The summed E-state index contributed by atoms with van der Waals surface area (Å²) in [6, 6.07) is 3.19. The SMILES string of the molecule is CNc1nc(Nc2cc(F)ccc2OCF)ncc1C(F)(F)F. The largest absolute Gasteiger partial charge is 0.461 e. The van der Waals surface area contributed by atoms with E-state index in [1.54, 1.807) is 0 Å². The predicted octanol–water partition coefficient (Wildman–Crippen LogP) is 3.73. The Hall–Kier alpha value is -2.65. The summed E-state index contributed by atoms with van der Waals surface area (Å²) >= 11 is 0. The van der Waals surface area contributed by atoms with Gasteiger partial charge in [-0.1, -0.05) is 0 Å². The predicted molar refractivity (Wildman–Crippen MR) is 72.9 cm³/mol. The first-order valence-corrected chi connectivity index (χ1v) is 6.22. The molecule has 0 saturated carbocycles. The van der Waals surface area contributed by atoms with E-state index >= 15 is 0 Å². The van der Waals surface area contributed by atoms with Gasteiger partial charge in [0.05, 0.1) is 5.69 Å². The Morgan fingerprint density at radius 3 is 2.61 bits per heavy atom. The molecule has 0 radical (unpaired) electrons. The molecule has 0 aliphatic rings. The fourth-order valence-corrected chi connectivity index (χ4v) is 1.75. The van der Waals surface area contributed by atoms with Crippen molar-refractivity contribution in [2.75, 3.05) is 24.5 Å². The minimum atomic E-state index is -4.63. The lowest BCUT2D eigenvalue weighted by molar-refractivity contribution is -0.137. The van der Waals surface area contributed by atoms with E-state index in [9.17, 15) is 22.0 Å². The van der Waals surface area contributed by atoms with Gasteiger partial charge < -0.3 is 15.4 Å². The number of halogens is 5. The number of hydrogen-bond donors (Lipinski definition) is 2. The van der Waals surface area contributed by atoms with E-state index in [0.717, 1.165) is 12.1 Å². The zero-order valence-corrected chi connectivity index (χ0v) is 11.7. The van der Waals surface area contributed by atoms with Crippen LogP contribution in [-0.2, 0) is 6.18 Å². The average molecular weight is 334 g/mol. The first kappa shape index (κ1) is 16.7. The number of ether oxygens (including phenoxy) is 1. The van der Waals surface area contributed by atoms with E-state index in [0.29, 0.717) is 6.20 Å². The third-order valence-corrected chi connectivity index (χ3v) is 2.73. The average Bonchev–Trinajstić information content (AvgIpc) is 2.49. The maximum Gasteiger partial charge on any atom is 0.421 e. The van der Waals surface area contributed by atoms with Gasteiger partial charge in [-0.3, -0.25) is 0 Å². The highest BCUT2D eigenvalue weighted by molar-refractivity contribution is 5.63. The number of benzene rings is 1. The maximum atomic E-state index is 13.3. The lowest BCUT2D eigenvalue weighted by Gasteiger charge is -2.14. The topological polar surface area (TPSA) is 59.1 Å². The molecule has 1 heterocycles. The molecular weight excluding hydrogens is 323 g/mol. The van der Waals surface area contributed by atoms with Gasteiger partial charge in [-0.2, -0.15) is 18.2 Å². The molecule has 2 rings (SSSR count). The summed E-state index contributed by atoms with van der Waals surface area (Å²) in [5, 5.41) is 4.79. The number of aromatic nitrogens is 2. The lowest BCUT2D eigenvalue weighted by Crippen LogP contribution is -2.12. The minimum Gasteiger partial charge on any atom is -0.461 e. The normalized spacial score (nSPS) is 11.2. The van der Waals surface area contributed by atoms with E-state index in [4.69, 9.17) is 0 Å². The molecule has 0 aliphatic heterocycles. The van der Waals surface area contributed by atoms with Crippen LogP contribution in [0.4, 0.5) is 39.4 Å². The number of hydrogen-bond acceptors (Lipinski definition) is 5. The Labute approximate surface area is 127 Å². The van der Waals surface area contributed by atoms with Crippen LogP contribution in [-0.4, -0.2) is 23.9 Å². The Morgan fingerprint density at radius 2 is 2.00 bits per heavy atom. The summed E-state index contributed by atoms with van der Waals surface area (Å²) in [5.41, 5.74) is -1.07. The van der Waals surface area contributed by atoms with Crippen LogP contribution in [0.3, 0.4) is 0 Å². The second kappa shape index (κ2) is 6.63. The monoisotopic (exact) mass is 334 g/mol. The summed E-state index contributed by atoms with van der Waals surface area (Å²) in [4.78, 5) is 7.18. The molecule has 0 aliphatic carbocycles. The third kappa shape index (κ3) is 3.96. The maximum absolute atomic E-state index is 13.3. The van der Waals surface area contributed by atoms with Gasteiger partial charge in [0.25, 0.3) is 0 Å². The first-order valence-electron chi connectivity index (χ1n) is 6.22. The Kier molecular flexibility index (Phi) is 4.82. The summed E-state index contributed by atoms with van der Waals surface area (Å²) in [5.74, 6) is -1.39. The smallest absolute Gasteiger partial charge is 0.421 e. The van der Waals surface area contributed by atoms with Gasteiger partial charge >= 0.3 is 6.18 Å². The summed E-state index contributed by atoms with van der Waals surface area (Å²) < 4.78 is 68.5. The van der Waals surface area contributed by atoms with Crippen LogP contribution >= 0.6 is 0 Å². The van der Waals surface area contributed by atoms with Gasteiger partial charge in [-0.25, -0.2) is 13.8 Å². The quantitative estimate of drug-likeness (QED) is 0.816. The van der Waals surface area contributed by atoms with Crippen molar-refractivity contribution in [3.05, 3.63) is 35.8 Å². The van der Waals surface area contributed by atoms with E-state index < -0.39 is 30.2 Å². The van der Waals surface area contributed by atoms with E-state index in [1.165, 1.54) is 13.1 Å². The van der Waals surface area contributed by atoms with Gasteiger partial charge in [0.1, 0.15) is 22.9 Å². The molecule has 0 fully saturated rings. The molecule has 124 valence electrons. The van der Waals surface area contributed by atoms with Crippen molar-refractivity contribution in [1.29, 1.82) is 0 Å². The zero-order chi connectivity index (χ0) is 17.0. The van der Waals surface area contributed by atoms with E-state index in [-0.39, 0.29) is 17.4 Å². The van der Waals surface area contributed by atoms with Crippen molar-refractivity contribution in [2.24, 2.45) is 0 Å². The molecule has 10 heteroatoms. The molecule has 0 unspecified atom stereocenters. The van der Waals surface area contributed by atoms with Gasteiger partial charge in [-0.15, -0.1) is 0 Å². The molecule has 1 aromatic carbocycles. The van der Waals surface area contributed by atoms with Crippen molar-refractivity contribution in [3.63, 3.8) is 0 Å². The third-order valence-electron chi connectivity index (χ3n) is 2.73. The van der Waals surface area contributed by atoms with E-state index in [1.807, 2.05) is 0 Å². The molecular formula is C13H11F5N4O. The van der Waals surface area contributed by atoms with Gasteiger partial charge in [0, 0.05) is 19.3 Å². The zero-order valence-electron chi connectivity index (χ0n) is 11.7. The first-order chi connectivity index (χ1) is 10.8. The highest BCUT2D eigenvalue weighted by Gasteiger charge is 2.35. The Balaban J connectivity index is 2.36. The lowest BCUT2D eigenvalue weighted by atomic mass is 10.3. The summed E-state index contributed by atoms with van der Waals surface area (Å²) in [6.07, 6.45) is -4.05. The van der Waals surface area contributed by atoms with Crippen LogP contribution in [0.1, 0.15) is 5.56 Å². The molecule has 2 N–H and O–H groups in total. The Bertz CT molecular complexity index is 693. The summed E-state index contributed by atoms with van der Waals surface area (Å²) in [6.45, 7) is -1.16. The number of nitrogens with one attached hydrogen (secondary N) is 2. The number of anilines is 3. The van der Waals surface area contributed by atoms with E-state index in [2.05, 4.69) is 25.3 Å². The molecule has 2 aromatic rings. The van der Waals surface area contributed by atoms with Gasteiger partial charge in [-0.05, 0) is 12.1 Å². The van der Waals surface area contributed by atoms with Crippen LogP contribution in [0, 0.1) is 5.82 Å². The van der Waals surface area contributed by atoms with Crippen LogP contribution in [0.5, 0.6) is 5.75 Å². The van der Waals surface area contributed by atoms with Crippen molar-refractivity contribution >= 4 is 17.5 Å². The van der Waals surface area contributed by atoms with Crippen molar-refractivity contribution in [2.45, 2.75) is 6.18 Å². The van der Waals surface area contributed by atoms with Crippen LogP contribution < -0.4 is 15.4 Å². The fourth-order valence-electron chi connectivity index (χ4n) is 1.75. The molecule has 0 amide bonds. The summed E-state index contributed by atoms with van der Waals surface area (Å²) in [7, 11) is 1.27. The number of alkyl halides is 4. The van der Waals surface area contributed by atoms with Gasteiger partial charge in [0.2, 0.25) is 12.8 Å². The highest BCUT2D eigenvalue weighted by atomic mass is 19.4. The van der Waals surface area contributed by atoms with Crippen LogP contribution in [0.25, 0.3) is 0 Å². The molecule has 0 saturated heterocycles. The molecule has 5 nitrogen and oxygen atoms in total. The second-order valence-electron chi connectivity index (χ2n) is 4.22. The fraction of sp³-hybridized carbons (Fsp3) is 0.231. The minimum absolute atomic E-state index is 0.0236. The van der Waals surface area contributed by atoms with Crippen molar-refractivity contribution in [3.8, 4) is 5.75 Å². The van der Waals surface area contributed by atoms with Crippen LogP contribution in [0.15, 0.2) is 24.4 Å². The highest BCUT2D eigenvalue weighted by Crippen LogP contribution is 2.34.